The van der Waals surface area contributed by atoms with Crippen LogP contribution in [0.1, 0.15) is 26.7 Å². The number of benzene rings is 1. The zero-order valence-electron chi connectivity index (χ0n) is 15.2. The molecule has 0 radical (unpaired) electrons. The number of carbonyl (C=O) groups excluding carboxylic acids is 1. The van der Waals surface area contributed by atoms with Crippen LogP contribution in [-0.2, 0) is 14.8 Å². The first kappa shape index (κ1) is 21.9. The average molecular weight is 449 g/mol. The zero-order chi connectivity index (χ0) is 20.0. The third-order valence-corrected chi connectivity index (χ3v) is 7.05. The molecule has 1 amide bonds. The third kappa shape index (κ3) is 6.06. The minimum atomic E-state index is -3.71. The van der Waals surface area contributed by atoms with Crippen LogP contribution in [0.2, 0.25) is 5.02 Å². The highest BCUT2D eigenvalue weighted by atomic mass is 35.5. The summed E-state index contributed by atoms with van der Waals surface area (Å²) in [6.45, 7) is 3.81. The predicted molar refractivity (Wildman–Crippen MR) is 112 cm³/mol. The molecule has 1 N–H and O–H groups in total. The van der Waals surface area contributed by atoms with Crippen molar-refractivity contribution in [2.45, 2.75) is 37.1 Å². The number of halogens is 1. The molecular weight excluding hydrogens is 428 g/mol. The van der Waals surface area contributed by atoms with Crippen LogP contribution in [0.5, 0.6) is 0 Å². The van der Waals surface area contributed by atoms with E-state index in [-0.39, 0.29) is 6.42 Å². The van der Waals surface area contributed by atoms with Crippen molar-refractivity contribution in [1.82, 2.24) is 10.2 Å². The number of hydrogen-bond donors (Lipinski definition) is 1. The molecule has 2 aromatic rings. The van der Waals surface area contributed by atoms with Gasteiger partial charge >= 0.3 is 0 Å². The molecule has 0 aliphatic heterocycles. The van der Waals surface area contributed by atoms with Crippen molar-refractivity contribution in [3.63, 3.8) is 0 Å². The molecule has 1 aromatic carbocycles. The molecule has 0 aliphatic rings. The molecule has 0 saturated carbocycles. The molecule has 0 saturated heterocycles. The monoisotopic (exact) mass is 448 g/mol. The van der Waals surface area contributed by atoms with Crippen LogP contribution in [0.15, 0.2) is 28.6 Å². The number of rotatable bonds is 9. The second-order valence-electron chi connectivity index (χ2n) is 5.67. The molecular formula is C16H21ClN4O3S3. The first-order valence-electron chi connectivity index (χ1n) is 8.28. The Labute approximate surface area is 172 Å². The fourth-order valence-electron chi connectivity index (χ4n) is 2.37. The van der Waals surface area contributed by atoms with Crippen molar-refractivity contribution < 1.29 is 13.2 Å². The number of amides is 1. The summed E-state index contributed by atoms with van der Waals surface area (Å²) in [5.74, 6) is 0.447. The summed E-state index contributed by atoms with van der Waals surface area (Å²) in [4.78, 5) is 12.8. The molecule has 7 nitrogen and oxygen atoms in total. The van der Waals surface area contributed by atoms with Gasteiger partial charge in [-0.15, -0.1) is 10.2 Å². The molecule has 148 valence electrons. The van der Waals surface area contributed by atoms with Crippen molar-refractivity contribution in [2.24, 2.45) is 0 Å². The van der Waals surface area contributed by atoms with Gasteiger partial charge in [0.15, 0.2) is 4.34 Å². The van der Waals surface area contributed by atoms with Gasteiger partial charge in [-0.2, -0.15) is 0 Å². The average Bonchev–Trinajstić information content (AvgIpc) is 3.03. The lowest BCUT2D eigenvalue weighted by molar-refractivity contribution is -0.117. The number of aromatic nitrogens is 2. The maximum absolute atomic E-state index is 12.8. The normalized spacial score (nSPS) is 12.6. The number of sulfonamides is 1. The minimum Gasteiger partial charge on any atom is -0.299 e. The molecule has 0 aliphatic carbocycles. The van der Waals surface area contributed by atoms with Gasteiger partial charge in [0.2, 0.25) is 21.1 Å². The van der Waals surface area contributed by atoms with Gasteiger partial charge in [-0.05, 0) is 31.0 Å². The van der Waals surface area contributed by atoms with Crippen molar-refractivity contribution in [1.29, 1.82) is 0 Å². The van der Waals surface area contributed by atoms with E-state index >= 15 is 0 Å². The van der Waals surface area contributed by atoms with Gasteiger partial charge < -0.3 is 0 Å². The molecule has 1 heterocycles. The van der Waals surface area contributed by atoms with Crippen LogP contribution in [-0.4, -0.2) is 42.6 Å². The SMILES string of the molecule is CCCSc1nnc(NC(=O)C(CC)N(c2cccc(Cl)c2)S(C)(=O)=O)s1. The lowest BCUT2D eigenvalue weighted by atomic mass is 10.2. The highest BCUT2D eigenvalue weighted by Crippen LogP contribution is 2.28. The molecule has 1 atom stereocenters. The van der Waals surface area contributed by atoms with Gasteiger partial charge in [0.1, 0.15) is 6.04 Å². The summed E-state index contributed by atoms with van der Waals surface area (Å²) in [6, 6.07) is 5.47. The standard InChI is InChI=1S/C16H21ClN4O3S3/c1-4-9-25-16-20-19-15(26-16)18-14(22)13(5-2)21(27(3,23)24)12-8-6-7-11(17)10-12/h6-8,10,13H,4-5,9H2,1-3H3,(H,18,19,22). The Morgan fingerprint density at radius 3 is 2.70 bits per heavy atom. The summed E-state index contributed by atoms with van der Waals surface area (Å²) in [6.07, 6.45) is 2.35. The van der Waals surface area contributed by atoms with E-state index in [4.69, 9.17) is 11.6 Å². The Morgan fingerprint density at radius 1 is 1.37 bits per heavy atom. The predicted octanol–water partition coefficient (Wildman–Crippen LogP) is 3.88. The molecule has 0 spiro atoms. The second kappa shape index (κ2) is 9.72. The number of nitrogens with one attached hydrogen (secondary N) is 1. The molecule has 2 rings (SSSR count). The summed E-state index contributed by atoms with van der Waals surface area (Å²) in [7, 11) is -3.71. The van der Waals surface area contributed by atoms with E-state index in [1.807, 2.05) is 0 Å². The largest absolute Gasteiger partial charge is 0.299 e. The lowest BCUT2D eigenvalue weighted by Crippen LogP contribution is -2.47. The van der Waals surface area contributed by atoms with Gasteiger partial charge in [0.05, 0.1) is 11.9 Å². The van der Waals surface area contributed by atoms with Gasteiger partial charge in [-0.3, -0.25) is 14.4 Å². The smallest absolute Gasteiger partial charge is 0.250 e. The quantitative estimate of drug-likeness (QED) is 0.462. The Morgan fingerprint density at radius 2 is 2.11 bits per heavy atom. The number of anilines is 2. The van der Waals surface area contributed by atoms with Crippen molar-refractivity contribution >= 4 is 61.4 Å². The lowest BCUT2D eigenvalue weighted by Gasteiger charge is -2.29. The fourth-order valence-corrected chi connectivity index (χ4v) is 5.44. The maximum Gasteiger partial charge on any atom is 0.250 e. The van der Waals surface area contributed by atoms with Gasteiger partial charge in [0, 0.05) is 10.8 Å². The van der Waals surface area contributed by atoms with Crippen molar-refractivity contribution in [3.05, 3.63) is 29.3 Å². The molecule has 1 aromatic heterocycles. The minimum absolute atomic E-state index is 0.279. The maximum atomic E-state index is 12.8. The van der Waals surface area contributed by atoms with E-state index in [1.165, 1.54) is 17.4 Å². The van der Waals surface area contributed by atoms with Gasteiger partial charge in [-0.1, -0.05) is 54.6 Å². The van der Waals surface area contributed by atoms with E-state index in [2.05, 4.69) is 22.4 Å². The van der Waals surface area contributed by atoms with Crippen LogP contribution in [0.4, 0.5) is 10.8 Å². The van der Waals surface area contributed by atoms with Crippen molar-refractivity contribution in [2.75, 3.05) is 21.6 Å². The number of hydrogen-bond acceptors (Lipinski definition) is 7. The Hall–Kier alpha value is -1.36. The highest BCUT2D eigenvalue weighted by molar-refractivity contribution is 8.01. The number of nitrogens with zero attached hydrogens (tertiary/aromatic N) is 3. The van der Waals surface area contributed by atoms with Crippen LogP contribution in [0, 0.1) is 0 Å². The Balaban J connectivity index is 2.25. The van der Waals surface area contributed by atoms with Gasteiger partial charge in [0.25, 0.3) is 0 Å². The van der Waals surface area contributed by atoms with E-state index < -0.39 is 22.0 Å². The first-order valence-corrected chi connectivity index (χ1v) is 12.3. The first-order chi connectivity index (χ1) is 12.8. The van der Waals surface area contributed by atoms with Crippen LogP contribution >= 0.6 is 34.7 Å². The highest BCUT2D eigenvalue weighted by Gasteiger charge is 2.32. The molecule has 1 unspecified atom stereocenters. The molecule has 11 heteroatoms. The second-order valence-corrected chi connectivity index (χ2v) is 10.3. The third-order valence-electron chi connectivity index (χ3n) is 3.46. The summed E-state index contributed by atoms with van der Waals surface area (Å²) in [5.41, 5.74) is 0.337. The Bertz CT molecular complexity index is 889. The van der Waals surface area contributed by atoms with E-state index in [0.29, 0.717) is 15.8 Å². The Kier molecular flexibility index (Phi) is 7.90. The molecule has 27 heavy (non-hydrogen) atoms. The van der Waals surface area contributed by atoms with E-state index in [9.17, 15) is 13.2 Å². The van der Waals surface area contributed by atoms with Crippen LogP contribution in [0.3, 0.4) is 0 Å². The molecule has 0 fully saturated rings. The number of carbonyl (C=O) groups is 1. The van der Waals surface area contributed by atoms with Crippen LogP contribution < -0.4 is 9.62 Å². The van der Waals surface area contributed by atoms with Crippen molar-refractivity contribution in [3.8, 4) is 0 Å². The zero-order valence-corrected chi connectivity index (χ0v) is 18.4. The van der Waals surface area contributed by atoms with E-state index in [0.717, 1.165) is 27.1 Å². The van der Waals surface area contributed by atoms with Crippen LogP contribution in [0.25, 0.3) is 0 Å². The van der Waals surface area contributed by atoms with Gasteiger partial charge in [-0.25, -0.2) is 8.42 Å². The van der Waals surface area contributed by atoms with E-state index in [1.54, 1.807) is 36.9 Å². The topological polar surface area (TPSA) is 92.3 Å². The fraction of sp³-hybridized carbons (Fsp3) is 0.438. The summed E-state index contributed by atoms with van der Waals surface area (Å²) >= 11 is 8.83. The number of thioether (sulfide) groups is 1. The molecule has 0 bridgehead atoms. The summed E-state index contributed by atoms with van der Waals surface area (Å²) in [5, 5.41) is 11.4. The summed E-state index contributed by atoms with van der Waals surface area (Å²) < 4.78 is 26.6.